The van der Waals surface area contributed by atoms with Crippen LogP contribution in [0.2, 0.25) is 5.02 Å². The summed E-state index contributed by atoms with van der Waals surface area (Å²) in [4.78, 5) is 9.84. The Bertz CT molecular complexity index is 978. The molecule has 0 aliphatic carbocycles. The molecule has 0 spiro atoms. The Labute approximate surface area is 162 Å². The molecule has 0 saturated carbocycles. The molecule has 11 heteroatoms. The van der Waals surface area contributed by atoms with E-state index in [2.05, 4.69) is 15.1 Å². The highest BCUT2D eigenvalue weighted by molar-refractivity contribution is 6.30. The highest BCUT2D eigenvalue weighted by Gasteiger charge is 2.33. The second-order valence-corrected chi connectivity index (χ2v) is 6.32. The molecule has 1 aliphatic rings. The summed E-state index contributed by atoms with van der Waals surface area (Å²) in [6, 6.07) is 6.33. The van der Waals surface area contributed by atoms with Crippen molar-refractivity contribution in [1.82, 2.24) is 19.7 Å². The number of benzene rings is 1. The molecule has 4 rings (SSSR count). The first kappa shape index (κ1) is 18.4. The average Bonchev–Trinajstić information content (AvgIpc) is 3.29. The second-order valence-electron chi connectivity index (χ2n) is 5.89. The maximum Gasteiger partial charge on any atom is 0.435 e. The summed E-state index contributed by atoms with van der Waals surface area (Å²) in [5.74, 6) is 1.07. The van der Waals surface area contributed by atoms with Gasteiger partial charge in [0.25, 0.3) is 0 Å². The largest absolute Gasteiger partial charge is 0.471 e. The van der Waals surface area contributed by atoms with Crippen LogP contribution in [-0.4, -0.2) is 33.0 Å². The van der Waals surface area contributed by atoms with Crippen LogP contribution in [0.3, 0.4) is 0 Å². The van der Waals surface area contributed by atoms with Gasteiger partial charge in [0.05, 0.1) is 24.0 Å². The SMILES string of the molecule is FC(F)(F)c1ccn(CCN2COc3cccc(Oc4ncc(Cl)cn4)c32)n1. The zero-order chi connectivity index (χ0) is 19.7. The van der Waals surface area contributed by atoms with E-state index in [-0.39, 0.29) is 19.3 Å². The minimum Gasteiger partial charge on any atom is -0.471 e. The first-order valence-corrected chi connectivity index (χ1v) is 8.55. The summed E-state index contributed by atoms with van der Waals surface area (Å²) in [6.07, 6.45) is -0.340. The van der Waals surface area contributed by atoms with Gasteiger partial charge in [-0.05, 0) is 18.2 Å². The normalized spacial score (nSPS) is 13.4. The summed E-state index contributed by atoms with van der Waals surface area (Å²) in [6.45, 7) is 0.850. The molecule has 1 aromatic carbocycles. The molecule has 0 bridgehead atoms. The van der Waals surface area contributed by atoms with Crippen LogP contribution < -0.4 is 14.4 Å². The summed E-state index contributed by atoms with van der Waals surface area (Å²) >= 11 is 5.77. The van der Waals surface area contributed by atoms with Crippen LogP contribution >= 0.6 is 11.6 Å². The molecule has 0 N–H and O–H groups in total. The molecule has 7 nitrogen and oxygen atoms in total. The minimum absolute atomic E-state index is 0.117. The fraction of sp³-hybridized carbons (Fsp3) is 0.235. The third-order valence-corrected chi connectivity index (χ3v) is 4.18. The number of nitrogens with zero attached hydrogens (tertiary/aromatic N) is 5. The van der Waals surface area contributed by atoms with Crippen LogP contribution in [0.1, 0.15) is 5.69 Å². The highest BCUT2D eigenvalue weighted by atomic mass is 35.5. The number of aromatic nitrogens is 4. The lowest BCUT2D eigenvalue weighted by Gasteiger charge is -2.18. The Hall–Kier alpha value is -3.01. The average molecular weight is 412 g/mol. The van der Waals surface area contributed by atoms with Gasteiger partial charge < -0.3 is 14.4 Å². The van der Waals surface area contributed by atoms with Crippen molar-refractivity contribution in [3.8, 4) is 17.5 Å². The van der Waals surface area contributed by atoms with E-state index < -0.39 is 11.9 Å². The molecule has 0 atom stereocenters. The number of hydrogen-bond acceptors (Lipinski definition) is 6. The standard InChI is InChI=1S/C17H13ClF3N5O2/c18-11-8-22-16(23-9-11)28-13-3-1-2-12-15(13)25(10-27-12)6-7-26-5-4-14(24-26)17(19,20)21/h1-5,8-9H,6-7,10H2. The molecule has 3 aromatic rings. The van der Waals surface area contributed by atoms with Gasteiger partial charge in [-0.15, -0.1) is 0 Å². The lowest BCUT2D eigenvalue weighted by molar-refractivity contribution is -0.141. The van der Waals surface area contributed by atoms with Gasteiger partial charge in [0.2, 0.25) is 0 Å². The van der Waals surface area contributed by atoms with Gasteiger partial charge >= 0.3 is 12.2 Å². The predicted octanol–water partition coefficient (Wildman–Crippen LogP) is 3.99. The van der Waals surface area contributed by atoms with E-state index in [1.165, 1.54) is 23.3 Å². The molecule has 0 saturated heterocycles. The number of fused-ring (bicyclic) bond motifs is 1. The molecule has 146 valence electrons. The Kier molecular flexibility index (Phi) is 4.71. The van der Waals surface area contributed by atoms with Crippen molar-refractivity contribution in [2.75, 3.05) is 18.2 Å². The van der Waals surface area contributed by atoms with E-state index in [0.29, 0.717) is 28.8 Å². The Morgan fingerprint density at radius 2 is 1.93 bits per heavy atom. The molecule has 0 amide bonds. The number of anilines is 1. The fourth-order valence-corrected chi connectivity index (χ4v) is 2.81. The van der Waals surface area contributed by atoms with E-state index in [1.807, 2.05) is 4.90 Å². The zero-order valence-electron chi connectivity index (χ0n) is 14.2. The van der Waals surface area contributed by atoms with Crippen LogP contribution in [0.15, 0.2) is 42.9 Å². The van der Waals surface area contributed by atoms with Gasteiger partial charge in [0, 0.05) is 12.7 Å². The first-order valence-electron chi connectivity index (χ1n) is 8.17. The van der Waals surface area contributed by atoms with E-state index >= 15 is 0 Å². The maximum absolute atomic E-state index is 12.7. The number of rotatable bonds is 5. The van der Waals surface area contributed by atoms with Crippen LogP contribution in [0, 0.1) is 0 Å². The first-order chi connectivity index (χ1) is 13.4. The van der Waals surface area contributed by atoms with Crippen molar-refractivity contribution in [2.45, 2.75) is 12.7 Å². The minimum atomic E-state index is -4.46. The van der Waals surface area contributed by atoms with E-state index in [9.17, 15) is 13.2 Å². The summed E-state index contributed by atoms with van der Waals surface area (Å²) in [5.41, 5.74) is -0.251. The predicted molar refractivity (Wildman–Crippen MR) is 93.6 cm³/mol. The topological polar surface area (TPSA) is 65.3 Å². The van der Waals surface area contributed by atoms with E-state index in [4.69, 9.17) is 21.1 Å². The van der Waals surface area contributed by atoms with Crippen molar-refractivity contribution in [3.05, 3.63) is 53.6 Å². The van der Waals surface area contributed by atoms with E-state index in [0.717, 1.165) is 6.07 Å². The molecule has 0 unspecified atom stereocenters. The number of ether oxygens (including phenoxy) is 2. The Balaban J connectivity index is 1.50. The maximum atomic E-state index is 12.7. The Morgan fingerprint density at radius 1 is 1.14 bits per heavy atom. The van der Waals surface area contributed by atoms with Gasteiger partial charge in [-0.1, -0.05) is 17.7 Å². The molecule has 0 radical (unpaired) electrons. The fourth-order valence-electron chi connectivity index (χ4n) is 2.71. The number of para-hydroxylation sites is 1. The summed E-state index contributed by atoms with van der Waals surface area (Å²) in [7, 11) is 0. The quantitative estimate of drug-likeness (QED) is 0.632. The lowest BCUT2D eigenvalue weighted by Crippen LogP contribution is -2.27. The van der Waals surface area contributed by atoms with Gasteiger partial charge in [0.15, 0.2) is 18.2 Å². The van der Waals surface area contributed by atoms with Gasteiger partial charge in [-0.25, -0.2) is 9.97 Å². The van der Waals surface area contributed by atoms with Crippen molar-refractivity contribution in [1.29, 1.82) is 0 Å². The number of alkyl halides is 3. The molecule has 1 aliphatic heterocycles. The van der Waals surface area contributed by atoms with Crippen molar-refractivity contribution >= 4 is 17.3 Å². The molecule has 0 fully saturated rings. The van der Waals surface area contributed by atoms with Crippen LogP contribution in [0.25, 0.3) is 0 Å². The van der Waals surface area contributed by atoms with Gasteiger partial charge in [-0.2, -0.15) is 18.3 Å². The Morgan fingerprint density at radius 3 is 2.64 bits per heavy atom. The molecule has 3 heterocycles. The van der Waals surface area contributed by atoms with Crippen molar-refractivity contribution in [2.24, 2.45) is 0 Å². The monoisotopic (exact) mass is 411 g/mol. The smallest absolute Gasteiger partial charge is 0.435 e. The van der Waals surface area contributed by atoms with Gasteiger partial charge in [0.1, 0.15) is 11.4 Å². The van der Waals surface area contributed by atoms with Crippen LogP contribution in [0.5, 0.6) is 17.5 Å². The van der Waals surface area contributed by atoms with E-state index in [1.54, 1.807) is 18.2 Å². The molecule has 2 aromatic heterocycles. The molecular weight excluding hydrogens is 399 g/mol. The lowest BCUT2D eigenvalue weighted by atomic mass is 10.2. The van der Waals surface area contributed by atoms with Gasteiger partial charge in [-0.3, -0.25) is 4.68 Å². The highest BCUT2D eigenvalue weighted by Crippen LogP contribution is 2.43. The van der Waals surface area contributed by atoms with Crippen molar-refractivity contribution < 1.29 is 22.6 Å². The molecular formula is C17H13ClF3N5O2. The second kappa shape index (κ2) is 7.19. The molecule has 28 heavy (non-hydrogen) atoms. The van der Waals surface area contributed by atoms with Crippen molar-refractivity contribution in [3.63, 3.8) is 0 Å². The third-order valence-electron chi connectivity index (χ3n) is 3.98. The summed E-state index contributed by atoms with van der Waals surface area (Å²) in [5, 5.41) is 3.94. The van der Waals surface area contributed by atoms with Crippen LogP contribution in [0.4, 0.5) is 18.9 Å². The third kappa shape index (κ3) is 3.81. The van der Waals surface area contributed by atoms with Crippen LogP contribution in [-0.2, 0) is 12.7 Å². The number of halogens is 4. The number of hydrogen-bond donors (Lipinski definition) is 0. The summed E-state index contributed by atoms with van der Waals surface area (Å²) < 4.78 is 50.7. The zero-order valence-corrected chi connectivity index (χ0v) is 15.0.